The third-order valence-corrected chi connectivity index (χ3v) is 4.26. The van der Waals surface area contributed by atoms with E-state index >= 15 is 0 Å². The van der Waals surface area contributed by atoms with E-state index in [4.69, 9.17) is 11.6 Å². The standard InChI is InChI=1S/C17H18ClFN4O/c1-11-13(10-20-17(21-11)23-7-3-2-4-8-23)16(24)22-15-6-5-12(18)9-14(15)19/h5-6,9-10H,2-4,7-8H2,1H3,(H,22,24). The normalized spacial score (nSPS) is 14.5. The van der Waals surface area contributed by atoms with Crippen LogP contribution in [0.4, 0.5) is 16.0 Å². The number of anilines is 2. The molecule has 126 valence electrons. The minimum Gasteiger partial charge on any atom is -0.341 e. The fourth-order valence-electron chi connectivity index (χ4n) is 2.70. The molecule has 1 N–H and O–H groups in total. The van der Waals surface area contributed by atoms with Crippen molar-refractivity contribution in [3.63, 3.8) is 0 Å². The van der Waals surface area contributed by atoms with E-state index in [1.807, 2.05) is 0 Å². The lowest BCUT2D eigenvalue weighted by atomic mass is 10.1. The molecule has 1 fully saturated rings. The van der Waals surface area contributed by atoms with Crippen molar-refractivity contribution in [1.82, 2.24) is 9.97 Å². The molecule has 1 amide bonds. The minimum absolute atomic E-state index is 0.0731. The highest BCUT2D eigenvalue weighted by Gasteiger charge is 2.18. The summed E-state index contributed by atoms with van der Waals surface area (Å²) in [5.74, 6) is -0.389. The van der Waals surface area contributed by atoms with Crippen molar-refractivity contribution in [1.29, 1.82) is 0 Å². The largest absolute Gasteiger partial charge is 0.341 e. The summed E-state index contributed by atoms with van der Waals surface area (Å²) in [5, 5.41) is 2.80. The van der Waals surface area contributed by atoms with E-state index in [1.54, 1.807) is 6.92 Å². The maximum absolute atomic E-state index is 13.8. The molecule has 0 radical (unpaired) electrons. The summed E-state index contributed by atoms with van der Waals surface area (Å²) >= 11 is 5.71. The van der Waals surface area contributed by atoms with Crippen LogP contribution in [-0.4, -0.2) is 29.0 Å². The van der Waals surface area contributed by atoms with Gasteiger partial charge < -0.3 is 10.2 Å². The summed E-state index contributed by atoms with van der Waals surface area (Å²) in [6, 6.07) is 4.09. The van der Waals surface area contributed by atoms with E-state index in [0.717, 1.165) is 32.0 Å². The molecule has 1 aromatic carbocycles. The molecule has 24 heavy (non-hydrogen) atoms. The Morgan fingerprint density at radius 2 is 2.04 bits per heavy atom. The van der Waals surface area contributed by atoms with Gasteiger partial charge in [0, 0.05) is 24.3 Å². The van der Waals surface area contributed by atoms with Crippen LogP contribution in [0.2, 0.25) is 5.02 Å². The number of carbonyl (C=O) groups excluding carboxylic acids is 1. The van der Waals surface area contributed by atoms with E-state index in [0.29, 0.717) is 17.2 Å². The van der Waals surface area contributed by atoms with Gasteiger partial charge >= 0.3 is 0 Å². The predicted molar refractivity (Wildman–Crippen MR) is 92.2 cm³/mol. The van der Waals surface area contributed by atoms with E-state index in [9.17, 15) is 9.18 Å². The first kappa shape index (κ1) is 16.6. The van der Waals surface area contributed by atoms with Gasteiger partial charge in [-0.15, -0.1) is 0 Å². The van der Waals surface area contributed by atoms with Gasteiger partial charge in [-0.2, -0.15) is 0 Å². The molecule has 1 saturated heterocycles. The molecular formula is C17H18ClFN4O. The monoisotopic (exact) mass is 348 g/mol. The number of nitrogens with zero attached hydrogens (tertiary/aromatic N) is 3. The molecule has 1 aliphatic rings. The van der Waals surface area contributed by atoms with Crippen molar-refractivity contribution in [3.05, 3.63) is 46.5 Å². The second kappa shape index (κ2) is 7.13. The van der Waals surface area contributed by atoms with Gasteiger partial charge in [-0.05, 0) is 44.4 Å². The maximum Gasteiger partial charge on any atom is 0.259 e. The zero-order chi connectivity index (χ0) is 17.1. The number of benzene rings is 1. The first-order chi connectivity index (χ1) is 11.5. The van der Waals surface area contributed by atoms with Gasteiger partial charge in [0.2, 0.25) is 5.95 Å². The number of aromatic nitrogens is 2. The lowest BCUT2D eigenvalue weighted by Crippen LogP contribution is -2.31. The van der Waals surface area contributed by atoms with Crippen molar-refractivity contribution in [3.8, 4) is 0 Å². The fraction of sp³-hybridized carbons (Fsp3) is 0.353. The molecule has 5 nitrogen and oxygen atoms in total. The number of hydrogen-bond donors (Lipinski definition) is 1. The second-order valence-corrected chi connectivity index (χ2v) is 6.23. The minimum atomic E-state index is -0.584. The summed E-state index contributed by atoms with van der Waals surface area (Å²) in [6.45, 7) is 3.62. The Bertz CT molecular complexity index is 762. The van der Waals surface area contributed by atoms with Crippen LogP contribution < -0.4 is 10.2 Å². The highest BCUT2D eigenvalue weighted by atomic mass is 35.5. The average Bonchev–Trinajstić information content (AvgIpc) is 2.58. The van der Waals surface area contributed by atoms with Crippen LogP contribution in [0.25, 0.3) is 0 Å². The van der Waals surface area contributed by atoms with Crippen molar-refractivity contribution in [2.45, 2.75) is 26.2 Å². The van der Waals surface area contributed by atoms with Gasteiger partial charge in [0.25, 0.3) is 5.91 Å². The van der Waals surface area contributed by atoms with E-state index < -0.39 is 11.7 Å². The number of nitrogens with one attached hydrogen (secondary N) is 1. The smallest absolute Gasteiger partial charge is 0.259 e. The van der Waals surface area contributed by atoms with Crippen LogP contribution in [0.3, 0.4) is 0 Å². The predicted octanol–water partition coefficient (Wildman–Crippen LogP) is 3.82. The van der Waals surface area contributed by atoms with Crippen LogP contribution in [0.15, 0.2) is 24.4 Å². The Labute approximate surface area is 144 Å². The summed E-state index contributed by atoms with van der Waals surface area (Å²) in [6.07, 6.45) is 4.97. The molecule has 0 unspecified atom stereocenters. The Morgan fingerprint density at radius 1 is 1.29 bits per heavy atom. The van der Waals surface area contributed by atoms with Crippen molar-refractivity contribution in [2.75, 3.05) is 23.3 Å². The van der Waals surface area contributed by atoms with Gasteiger partial charge in [0.05, 0.1) is 16.9 Å². The lowest BCUT2D eigenvalue weighted by molar-refractivity contribution is 0.102. The molecule has 2 heterocycles. The molecular weight excluding hydrogens is 331 g/mol. The molecule has 3 rings (SSSR count). The van der Waals surface area contributed by atoms with Gasteiger partial charge in [0.15, 0.2) is 0 Å². The van der Waals surface area contributed by atoms with Crippen molar-refractivity contribution < 1.29 is 9.18 Å². The van der Waals surface area contributed by atoms with Crippen molar-refractivity contribution in [2.24, 2.45) is 0 Å². The second-order valence-electron chi connectivity index (χ2n) is 5.80. The molecule has 0 bridgehead atoms. The van der Waals surface area contributed by atoms with Crippen LogP contribution in [0.5, 0.6) is 0 Å². The summed E-state index contributed by atoms with van der Waals surface area (Å²) < 4.78 is 13.8. The van der Waals surface area contributed by atoms with Gasteiger partial charge in [0.1, 0.15) is 5.82 Å². The van der Waals surface area contributed by atoms with Crippen LogP contribution >= 0.6 is 11.6 Å². The quantitative estimate of drug-likeness (QED) is 0.916. The molecule has 2 aromatic rings. The number of halogens is 2. The molecule has 7 heteroatoms. The number of hydrogen-bond acceptors (Lipinski definition) is 4. The fourth-order valence-corrected chi connectivity index (χ4v) is 2.86. The van der Waals surface area contributed by atoms with E-state index in [2.05, 4.69) is 20.2 Å². The molecule has 1 aromatic heterocycles. The Balaban J connectivity index is 1.77. The maximum atomic E-state index is 13.8. The summed E-state index contributed by atoms with van der Waals surface area (Å²) in [5.41, 5.74) is 0.964. The lowest BCUT2D eigenvalue weighted by Gasteiger charge is -2.26. The van der Waals surface area contributed by atoms with Crippen LogP contribution in [0, 0.1) is 12.7 Å². The molecule has 0 spiro atoms. The van der Waals surface area contributed by atoms with Gasteiger partial charge in [-0.1, -0.05) is 11.6 Å². The summed E-state index contributed by atoms with van der Waals surface area (Å²) in [7, 11) is 0. The summed E-state index contributed by atoms with van der Waals surface area (Å²) in [4.78, 5) is 23.2. The molecule has 0 atom stereocenters. The van der Waals surface area contributed by atoms with Gasteiger partial charge in [-0.25, -0.2) is 14.4 Å². The SMILES string of the molecule is Cc1nc(N2CCCCC2)ncc1C(=O)Nc1ccc(Cl)cc1F. The first-order valence-electron chi connectivity index (χ1n) is 7.89. The first-order valence-corrected chi connectivity index (χ1v) is 8.27. The highest BCUT2D eigenvalue weighted by Crippen LogP contribution is 2.21. The molecule has 0 saturated carbocycles. The number of piperidine rings is 1. The highest BCUT2D eigenvalue weighted by molar-refractivity contribution is 6.30. The zero-order valence-corrected chi connectivity index (χ0v) is 14.1. The van der Waals surface area contributed by atoms with E-state index in [-0.39, 0.29) is 10.7 Å². The van der Waals surface area contributed by atoms with Crippen molar-refractivity contribution >= 4 is 29.1 Å². The van der Waals surface area contributed by atoms with Crippen LogP contribution in [-0.2, 0) is 0 Å². The Hall–Kier alpha value is -2.21. The third kappa shape index (κ3) is 3.64. The number of aryl methyl sites for hydroxylation is 1. The van der Waals surface area contributed by atoms with Gasteiger partial charge in [-0.3, -0.25) is 4.79 Å². The number of carbonyl (C=O) groups is 1. The molecule has 0 aliphatic carbocycles. The molecule has 1 aliphatic heterocycles. The van der Waals surface area contributed by atoms with Crippen LogP contribution in [0.1, 0.15) is 35.3 Å². The zero-order valence-electron chi connectivity index (χ0n) is 13.4. The Kier molecular flexibility index (Phi) is 4.94. The Morgan fingerprint density at radius 3 is 2.71 bits per heavy atom. The third-order valence-electron chi connectivity index (χ3n) is 4.03. The number of amides is 1. The topological polar surface area (TPSA) is 58.1 Å². The number of rotatable bonds is 3. The van der Waals surface area contributed by atoms with E-state index in [1.165, 1.54) is 24.8 Å². The average molecular weight is 349 g/mol.